The first kappa shape index (κ1) is 24.6. The number of rotatable bonds is 7. The first-order chi connectivity index (χ1) is 13.8. The molecule has 0 saturated heterocycles. The highest BCUT2D eigenvalue weighted by Crippen LogP contribution is 2.37. The Bertz CT molecular complexity index is 1040. The van der Waals surface area contributed by atoms with Crippen molar-refractivity contribution in [3.05, 3.63) is 62.4 Å². The van der Waals surface area contributed by atoms with Gasteiger partial charge in [-0.15, -0.1) is 23.7 Å². The van der Waals surface area contributed by atoms with Gasteiger partial charge in [0, 0.05) is 32.4 Å². The molecule has 0 saturated carbocycles. The van der Waals surface area contributed by atoms with Gasteiger partial charge in [-0.25, -0.2) is 0 Å². The fourth-order valence-corrected chi connectivity index (χ4v) is 4.74. The minimum Gasteiger partial charge on any atom is -0.352 e. The summed E-state index contributed by atoms with van der Waals surface area (Å²) in [5, 5.41) is 7.04. The van der Waals surface area contributed by atoms with Crippen LogP contribution in [0.3, 0.4) is 0 Å². The highest BCUT2D eigenvalue weighted by atomic mass is 79.9. The van der Waals surface area contributed by atoms with Crippen LogP contribution in [0, 0.1) is 0 Å². The largest absolute Gasteiger partial charge is 0.352 e. The number of hydrogen-bond acceptors (Lipinski definition) is 4. The molecule has 0 fully saturated rings. The standard InChI is InChI=1S/C21H21BrClN3O2S.ClH/c1-26(2)11-3-10-24-20(27)13-4-7-15(8-5-13)25-21(28)19-18(23)16-9-6-14(22)12-17(16)29-19;/h4-9,12H,3,10-11H2,1-2H3,(H,24,27)(H,25,28);1H. The van der Waals surface area contributed by atoms with E-state index >= 15 is 0 Å². The molecule has 160 valence electrons. The Labute approximate surface area is 199 Å². The van der Waals surface area contributed by atoms with Crippen LogP contribution >= 0.6 is 51.3 Å². The van der Waals surface area contributed by atoms with E-state index in [2.05, 4.69) is 31.5 Å². The van der Waals surface area contributed by atoms with Crippen LogP contribution in [0.25, 0.3) is 10.1 Å². The molecule has 2 N–H and O–H groups in total. The highest BCUT2D eigenvalue weighted by Gasteiger charge is 2.17. The smallest absolute Gasteiger partial charge is 0.267 e. The second-order valence-corrected chi connectivity index (χ2v) is 9.18. The monoisotopic (exact) mass is 529 g/mol. The van der Waals surface area contributed by atoms with Crippen molar-refractivity contribution in [1.29, 1.82) is 0 Å². The van der Waals surface area contributed by atoms with E-state index in [1.54, 1.807) is 24.3 Å². The Hall–Kier alpha value is -1.64. The van der Waals surface area contributed by atoms with Gasteiger partial charge in [-0.1, -0.05) is 33.6 Å². The number of amides is 2. The molecule has 30 heavy (non-hydrogen) atoms. The number of benzene rings is 2. The first-order valence-electron chi connectivity index (χ1n) is 9.07. The third kappa shape index (κ3) is 6.18. The average Bonchev–Trinajstić information content (AvgIpc) is 3.01. The van der Waals surface area contributed by atoms with E-state index in [1.807, 2.05) is 32.3 Å². The van der Waals surface area contributed by atoms with Crippen LogP contribution in [0.15, 0.2) is 46.9 Å². The molecule has 2 aromatic carbocycles. The summed E-state index contributed by atoms with van der Waals surface area (Å²) in [4.78, 5) is 27.4. The summed E-state index contributed by atoms with van der Waals surface area (Å²) in [6, 6.07) is 12.5. The number of hydrogen-bond donors (Lipinski definition) is 2. The first-order valence-corrected chi connectivity index (χ1v) is 11.1. The number of thiophene rings is 1. The highest BCUT2D eigenvalue weighted by molar-refractivity contribution is 9.10. The lowest BCUT2D eigenvalue weighted by Crippen LogP contribution is -2.27. The van der Waals surface area contributed by atoms with Gasteiger partial charge in [0.05, 0.1) is 5.02 Å². The third-order valence-electron chi connectivity index (χ3n) is 4.27. The molecule has 0 atom stereocenters. The molecule has 1 heterocycles. The summed E-state index contributed by atoms with van der Waals surface area (Å²) in [6.45, 7) is 1.54. The van der Waals surface area contributed by atoms with Crippen LogP contribution in [0.1, 0.15) is 26.5 Å². The minimum atomic E-state index is -0.270. The number of nitrogens with one attached hydrogen (secondary N) is 2. The summed E-state index contributed by atoms with van der Waals surface area (Å²) in [6.07, 6.45) is 0.888. The lowest BCUT2D eigenvalue weighted by Gasteiger charge is -2.10. The van der Waals surface area contributed by atoms with Gasteiger partial charge in [-0.05, 0) is 63.5 Å². The Balaban J connectivity index is 0.00000320. The number of anilines is 1. The number of fused-ring (bicyclic) bond motifs is 1. The summed E-state index contributed by atoms with van der Waals surface area (Å²) in [5.41, 5.74) is 1.16. The van der Waals surface area contributed by atoms with Crippen LogP contribution in [0.5, 0.6) is 0 Å². The van der Waals surface area contributed by atoms with E-state index < -0.39 is 0 Å². The third-order valence-corrected chi connectivity index (χ3v) is 6.42. The molecular weight excluding hydrogens is 509 g/mol. The van der Waals surface area contributed by atoms with Crippen molar-refractivity contribution in [1.82, 2.24) is 10.2 Å². The van der Waals surface area contributed by atoms with Gasteiger partial charge >= 0.3 is 0 Å². The summed E-state index contributed by atoms with van der Waals surface area (Å²) in [5.74, 6) is -0.395. The fraction of sp³-hybridized carbons (Fsp3) is 0.238. The van der Waals surface area contributed by atoms with Crippen molar-refractivity contribution in [2.24, 2.45) is 0 Å². The zero-order chi connectivity index (χ0) is 21.0. The van der Waals surface area contributed by atoms with Crippen molar-refractivity contribution in [3.63, 3.8) is 0 Å². The molecule has 5 nitrogen and oxygen atoms in total. The molecule has 3 rings (SSSR count). The Morgan fingerprint density at radius 2 is 1.80 bits per heavy atom. The van der Waals surface area contributed by atoms with Gasteiger partial charge in [-0.2, -0.15) is 0 Å². The second kappa shape index (κ2) is 11.1. The predicted octanol–water partition coefficient (Wildman–Crippen LogP) is 5.67. The van der Waals surface area contributed by atoms with Gasteiger partial charge in [0.25, 0.3) is 11.8 Å². The molecule has 0 aliphatic heterocycles. The van der Waals surface area contributed by atoms with Crippen LogP contribution < -0.4 is 10.6 Å². The van der Waals surface area contributed by atoms with Crippen LogP contribution in [0.4, 0.5) is 5.69 Å². The summed E-state index contributed by atoms with van der Waals surface area (Å²) >= 11 is 11.2. The van der Waals surface area contributed by atoms with Crippen molar-refractivity contribution in [2.75, 3.05) is 32.5 Å². The van der Waals surface area contributed by atoms with Gasteiger partial charge in [0.2, 0.25) is 0 Å². The molecule has 9 heteroatoms. The van der Waals surface area contributed by atoms with Gasteiger partial charge in [0.15, 0.2) is 0 Å². The predicted molar refractivity (Wildman–Crippen MR) is 132 cm³/mol. The molecule has 3 aromatic rings. The minimum absolute atomic E-state index is 0. The summed E-state index contributed by atoms with van der Waals surface area (Å²) in [7, 11) is 4.00. The number of carbonyl (C=O) groups excluding carboxylic acids is 2. The second-order valence-electron chi connectivity index (χ2n) is 6.83. The van der Waals surface area contributed by atoms with E-state index in [0.717, 1.165) is 27.5 Å². The van der Waals surface area contributed by atoms with Gasteiger partial charge in [-0.3, -0.25) is 9.59 Å². The van der Waals surface area contributed by atoms with Gasteiger partial charge in [0.1, 0.15) is 4.88 Å². The molecule has 0 spiro atoms. The van der Waals surface area contributed by atoms with E-state index in [4.69, 9.17) is 11.6 Å². The zero-order valence-corrected chi connectivity index (χ0v) is 20.5. The number of carbonyl (C=O) groups is 2. The van der Waals surface area contributed by atoms with Crippen molar-refractivity contribution < 1.29 is 9.59 Å². The molecule has 0 aliphatic carbocycles. The Morgan fingerprint density at radius 1 is 1.10 bits per heavy atom. The topological polar surface area (TPSA) is 61.4 Å². The van der Waals surface area contributed by atoms with Crippen molar-refractivity contribution >= 4 is 78.9 Å². The lowest BCUT2D eigenvalue weighted by atomic mass is 10.2. The maximum absolute atomic E-state index is 12.7. The van der Waals surface area contributed by atoms with Crippen molar-refractivity contribution in [3.8, 4) is 0 Å². The van der Waals surface area contributed by atoms with Crippen molar-refractivity contribution in [2.45, 2.75) is 6.42 Å². The average molecular weight is 531 g/mol. The SMILES string of the molecule is CN(C)CCCNC(=O)c1ccc(NC(=O)c2sc3cc(Br)ccc3c2Cl)cc1.Cl. The molecule has 2 amide bonds. The molecule has 0 bridgehead atoms. The molecule has 0 aliphatic rings. The zero-order valence-electron chi connectivity index (χ0n) is 16.5. The maximum Gasteiger partial charge on any atom is 0.267 e. The lowest BCUT2D eigenvalue weighted by molar-refractivity contribution is 0.0951. The van der Waals surface area contributed by atoms with E-state index in [0.29, 0.717) is 27.7 Å². The van der Waals surface area contributed by atoms with Crippen LogP contribution in [-0.2, 0) is 0 Å². The van der Waals surface area contributed by atoms with E-state index in [9.17, 15) is 9.59 Å². The fourth-order valence-electron chi connectivity index (χ4n) is 2.78. The molecule has 0 radical (unpaired) electrons. The molecule has 0 unspecified atom stereocenters. The van der Waals surface area contributed by atoms with Crippen LogP contribution in [-0.4, -0.2) is 43.9 Å². The Morgan fingerprint density at radius 3 is 2.47 bits per heavy atom. The van der Waals surface area contributed by atoms with Crippen LogP contribution in [0.2, 0.25) is 5.02 Å². The number of halogens is 3. The summed E-state index contributed by atoms with van der Waals surface area (Å²) < 4.78 is 1.88. The number of nitrogens with zero attached hydrogens (tertiary/aromatic N) is 1. The molecular formula is C21H22BrCl2N3O2S. The normalized spacial score (nSPS) is 10.7. The van der Waals surface area contributed by atoms with E-state index in [-0.39, 0.29) is 24.2 Å². The maximum atomic E-state index is 12.7. The van der Waals surface area contributed by atoms with Gasteiger partial charge < -0.3 is 15.5 Å². The quantitative estimate of drug-likeness (QED) is 0.387. The Kier molecular flexibility index (Phi) is 9.12. The van der Waals surface area contributed by atoms with E-state index in [1.165, 1.54) is 11.3 Å². The molecule has 1 aromatic heterocycles.